The van der Waals surface area contributed by atoms with Crippen LogP contribution in [-0.4, -0.2) is 24.3 Å². The number of aliphatic hydroxyl groups is 1. The van der Waals surface area contributed by atoms with Crippen LogP contribution in [0.3, 0.4) is 0 Å². The molecule has 0 amide bonds. The van der Waals surface area contributed by atoms with Crippen molar-refractivity contribution in [3.05, 3.63) is 42.4 Å². The van der Waals surface area contributed by atoms with Gasteiger partial charge < -0.3 is 14.3 Å². The summed E-state index contributed by atoms with van der Waals surface area (Å²) in [7, 11) is 1.23. The molecule has 0 saturated heterocycles. The van der Waals surface area contributed by atoms with Crippen molar-refractivity contribution >= 4 is 12.0 Å². The molecule has 80 valence electrons. The Hall–Kier alpha value is -1.81. The van der Waals surface area contributed by atoms with Crippen molar-refractivity contribution in [1.29, 1.82) is 0 Å². The molecule has 0 spiro atoms. The maximum absolute atomic E-state index is 11.0. The van der Waals surface area contributed by atoms with E-state index in [1.54, 1.807) is 18.2 Å². The molecule has 0 saturated carbocycles. The molecular formula is C11H12O4. The highest BCUT2D eigenvalue weighted by Crippen LogP contribution is 2.07. The van der Waals surface area contributed by atoms with Gasteiger partial charge in [0.05, 0.1) is 18.9 Å². The fourth-order valence-electron chi connectivity index (χ4n) is 0.940. The van der Waals surface area contributed by atoms with Crippen LogP contribution >= 0.6 is 0 Å². The van der Waals surface area contributed by atoms with E-state index in [0.29, 0.717) is 5.76 Å². The zero-order valence-electron chi connectivity index (χ0n) is 8.34. The number of esters is 1. The van der Waals surface area contributed by atoms with Crippen molar-refractivity contribution < 1.29 is 19.1 Å². The van der Waals surface area contributed by atoms with Crippen LogP contribution < -0.4 is 0 Å². The van der Waals surface area contributed by atoms with Crippen LogP contribution in [0.1, 0.15) is 5.76 Å². The quantitative estimate of drug-likeness (QED) is 0.600. The molecule has 15 heavy (non-hydrogen) atoms. The molecule has 4 nitrogen and oxygen atoms in total. The number of rotatable bonds is 4. The largest absolute Gasteiger partial charge is 0.466 e. The minimum Gasteiger partial charge on any atom is -0.466 e. The maximum Gasteiger partial charge on any atom is 0.336 e. The summed E-state index contributed by atoms with van der Waals surface area (Å²) in [4.78, 5) is 11.0. The summed E-state index contributed by atoms with van der Waals surface area (Å²) in [6.45, 7) is 3.42. The molecule has 0 aliphatic heterocycles. The van der Waals surface area contributed by atoms with Crippen LogP contribution in [0.4, 0.5) is 0 Å². The topological polar surface area (TPSA) is 59.7 Å². The zero-order valence-corrected chi connectivity index (χ0v) is 8.34. The van der Waals surface area contributed by atoms with E-state index in [4.69, 9.17) is 4.42 Å². The van der Waals surface area contributed by atoms with Crippen LogP contribution in [0.25, 0.3) is 6.08 Å². The maximum atomic E-state index is 11.0. The van der Waals surface area contributed by atoms with Gasteiger partial charge in [0, 0.05) is 0 Å². The Labute approximate surface area is 87.5 Å². The molecule has 1 aromatic rings. The third kappa shape index (κ3) is 3.11. The van der Waals surface area contributed by atoms with Crippen molar-refractivity contribution in [1.82, 2.24) is 0 Å². The normalized spacial score (nSPS) is 12.7. The lowest BCUT2D eigenvalue weighted by Crippen LogP contribution is -2.15. The predicted octanol–water partition coefficient (Wildman–Crippen LogP) is 1.38. The fraction of sp³-hybridized carbons (Fsp3) is 0.182. The minimum atomic E-state index is -1.07. The van der Waals surface area contributed by atoms with E-state index in [9.17, 15) is 9.90 Å². The molecule has 4 heteroatoms. The van der Waals surface area contributed by atoms with Gasteiger partial charge in [-0.3, -0.25) is 0 Å². The van der Waals surface area contributed by atoms with Gasteiger partial charge in [0.2, 0.25) is 0 Å². The van der Waals surface area contributed by atoms with Gasteiger partial charge >= 0.3 is 5.97 Å². The number of hydrogen-bond donors (Lipinski definition) is 1. The van der Waals surface area contributed by atoms with Crippen LogP contribution in [-0.2, 0) is 9.53 Å². The third-order valence-corrected chi connectivity index (χ3v) is 1.79. The van der Waals surface area contributed by atoms with Gasteiger partial charge in [-0.15, -0.1) is 0 Å². The van der Waals surface area contributed by atoms with E-state index < -0.39 is 12.1 Å². The Morgan fingerprint density at radius 3 is 3.00 bits per heavy atom. The van der Waals surface area contributed by atoms with Crippen molar-refractivity contribution in [2.75, 3.05) is 7.11 Å². The Morgan fingerprint density at radius 1 is 1.73 bits per heavy atom. The highest BCUT2D eigenvalue weighted by Gasteiger charge is 2.13. The van der Waals surface area contributed by atoms with E-state index >= 15 is 0 Å². The van der Waals surface area contributed by atoms with Gasteiger partial charge in [0.15, 0.2) is 0 Å². The molecule has 0 bridgehead atoms. The Kier molecular flexibility index (Phi) is 3.88. The molecule has 1 N–H and O–H groups in total. The first kappa shape index (κ1) is 11.3. The van der Waals surface area contributed by atoms with Gasteiger partial charge in [-0.25, -0.2) is 4.79 Å². The zero-order chi connectivity index (χ0) is 11.3. The highest BCUT2D eigenvalue weighted by molar-refractivity contribution is 5.89. The number of carbonyl (C=O) groups excluding carboxylic acids is 1. The lowest BCUT2D eigenvalue weighted by molar-refractivity contribution is -0.136. The minimum absolute atomic E-state index is 0.0136. The van der Waals surface area contributed by atoms with Gasteiger partial charge in [-0.2, -0.15) is 0 Å². The SMILES string of the molecule is C=C(C(=O)OC)C(O)C=Cc1ccco1. The molecule has 0 aliphatic rings. The summed E-state index contributed by atoms with van der Waals surface area (Å²) < 4.78 is 9.42. The van der Waals surface area contributed by atoms with Crippen LogP contribution in [0.5, 0.6) is 0 Å². The van der Waals surface area contributed by atoms with Crippen molar-refractivity contribution in [2.45, 2.75) is 6.10 Å². The molecule has 1 rings (SSSR count). The molecular weight excluding hydrogens is 196 g/mol. The van der Waals surface area contributed by atoms with E-state index in [-0.39, 0.29) is 5.57 Å². The summed E-state index contributed by atoms with van der Waals surface area (Å²) in [5, 5.41) is 9.49. The number of methoxy groups -OCH3 is 1. The lowest BCUT2D eigenvalue weighted by Gasteiger charge is -2.06. The Bertz CT molecular complexity index is 362. The summed E-state index contributed by atoms with van der Waals surface area (Å²) in [5.74, 6) is -0.0432. The summed E-state index contributed by atoms with van der Waals surface area (Å²) >= 11 is 0. The molecule has 1 heterocycles. The fourth-order valence-corrected chi connectivity index (χ4v) is 0.940. The molecule has 0 aliphatic carbocycles. The summed E-state index contributed by atoms with van der Waals surface area (Å²) in [6, 6.07) is 3.45. The average molecular weight is 208 g/mol. The second kappa shape index (κ2) is 5.17. The van der Waals surface area contributed by atoms with E-state index in [1.807, 2.05) is 0 Å². The van der Waals surface area contributed by atoms with Gasteiger partial charge in [-0.1, -0.05) is 6.58 Å². The highest BCUT2D eigenvalue weighted by atomic mass is 16.5. The summed E-state index contributed by atoms with van der Waals surface area (Å²) in [6.07, 6.45) is 3.40. The predicted molar refractivity (Wildman–Crippen MR) is 54.9 cm³/mol. The lowest BCUT2D eigenvalue weighted by atomic mass is 10.1. The second-order valence-electron chi connectivity index (χ2n) is 2.84. The van der Waals surface area contributed by atoms with Gasteiger partial charge in [-0.05, 0) is 24.3 Å². The standard InChI is InChI=1S/C11H12O4/c1-8(11(13)14-2)10(12)6-5-9-4-3-7-15-9/h3-7,10,12H,1H2,2H3. The van der Waals surface area contributed by atoms with Crippen molar-refractivity contribution in [3.8, 4) is 0 Å². The molecule has 0 aromatic carbocycles. The number of aliphatic hydroxyl groups excluding tert-OH is 1. The molecule has 1 unspecified atom stereocenters. The van der Waals surface area contributed by atoms with E-state index in [2.05, 4.69) is 11.3 Å². The van der Waals surface area contributed by atoms with E-state index in [0.717, 1.165) is 0 Å². The number of hydrogen-bond acceptors (Lipinski definition) is 4. The first-order chi connectivity index (χ1) is 7.15. The molecule has 1 atom stereocenters. The Balaban J connectivity index is 2.59. The number of ether oxygens (including phenoxy) is 1. The van der Waals surface area contributed by atoms with Crippen LogP contribution in [0.2, 0.25) is 0 Å². The molecule has 0 radical (unpaired) electrons. The third-order valence-electron chi connectivity index (χ3n) is 1.79. The van der Waals surface area contributed by atoms with Gasteiger partial charge in [0.25, 0.3) is 0 Å². The van der Waals surface area contributed by atoms with Gasteiger partial charge in [0.1, 0.15) is 11.9 Å². The monoisotopic (exact) mass is 208 g/mol. The molecule has 1 aromatic heterocycles. The second-order valence-corrected chi connectivity index (χ2v) is 2.84. The summed E-state index contributed by atoms with van der Waals surface area (Å²) in [5.41, 5.74) is -0.0136. The average Bonchev–Trinajstić information content (AvgIpc) is 2.76. The van der Waals surface area contributed by atoms with Crippen molar-refractivity contribution in [3.63, 3.8) is 0 Å². The Morgan fingerprint density at radius 2 is 2.47 bits per heavy atom. The number of furan rings is 1. The number of carbonyl (C=O) groups is 1. The molecule has 0 fully saturated rings. The smallest absolute Gasteiger partial charge is 0.336 e. The van der Waals surface area contributed by atoms with E-state index in [1.165, 1.54) is 19.4 Å². The first-order valence-electron chi connectivity index (χ1n) is 4.32. The first-order valence-corrected chi connectivity index (χ1v) is 4.32. The van der Waals surface area contributed by atoms with Crippen molar-refractivity contribution in [2.24, 2.45) is 0 Å². The van der Waals surface area contributed by atoms with Crippen LogP contribution in [0, 0.1) is 0 Å². The van der Waals surface area contributed by atoms with Crippen LogP contribution in [0.15, 0.2) is 41.0 Å².